The molecule has 160 valence electrons. The van der Waals surface area contributed by atoms with Crippen LogP contribution in [0.1, 0.15) is 27.2 Å². The fraction of sp³-hybridized carbons (Fsp3) is 0.364. The minimum Gasteiger partial charge on any atom is -0.457 e. The standard InChI is InChI=1S/C22H25FN2O5/c1-22(2,3)30-21(28)25-13-16(26)12-19(25)20(27)24-15-6-10-18(11-7-15)29-17-8-4-14(23)5-9-17/h4-11,16,19,26H,12-13H2,1-3H3,(H,24,27). The van der Waals surface area contributed by atoms with E-state index in [9.17, 15) is 19.1 Å². The van der Waals surface area contributed by atoms with Crippen LogP contribution < -0.4 is 10.1 Å². The number of likely N-dealkylation sites (tertiary alicyclic amines) is 1. The molecule has 7 nitrogen and oxygen atoms in total. The SMILES string of the molecule is CC(C)(C)OC(=O)N1CC(O)CC1C(=O)Nc1ccc(Oc2ccc(F)cc2)cc1. The van der Waals surface area contributed by atoms with Gasteiger partial charge in [-0.3, -0.25) is 9.69 Å². The number of amides is 2. The Morgan fingerprint density at radius 3 is 2.20 bits per heavy atom. The average Bonchev–Trinajstić information content (AvgIpc) is 3.06. The highest BCUT2D eigenvalue weighted by atomic mass is 19.1. The molecule has 0 saturated carbocycles. The first kappa shape index (κ1) is 21.6. The first-order valence-corrected chi connectivity index (χ1v) is 9.63. The van der Waals surface area contributed by atoms with Gasteiger partial charge in [-0.1, -0.05) is 0 Å². The Hall–Kier alpha value is -3.13. The van der Waals surface area contributed by atoms with Crippen LogP contribution in [0.2, 0.25) is 0 Å². The summed E-state index contributed by atoms with van der Waals surface area (Å²) in [6.45, 7) is 5.25. The number of aliphatic hydroxyl groups excluding tert-OH is 1. The van der Waals surface area contributed by atoms with Crippen LogP contribution in [0.4, 0.5) is 14.9 Å². The number of nitrogens with zero attached hydrogens (tertiary/aromatic N) is 1. The Morgan fingerprint density at radius 2 is 1.63 bits per heavy atom. The Morgan fingerprint density at radius 1 is 1.07 bits per heavy atom. The highest BCUT2D eigenvalue weighted by molar-refractivity contribution is 5.97. The Labute approximate surface area is 174 Å². The highest BCUT2D eigenvalue weighted by Crippen LogP contribution is 2.25. The average molecular weight is 416 g/mol. The number of carbonyl (C=O) groups excluding carboxylic acids is 2. The number of ether oxygens (including phenoxy) is 2. The summed E-state index contributed by atoms with van der Waals surface area (Å²) >= 11 is 0. The van der Waals surface area contributed by atoms with Crippen LogP contribution >= 0.6 is 0 Å². The number of hydrogen-bond acceptors (Lipinski definition) is 5. The maximum Gasteiger partial charge on any atom is 0.411 e. The second-order valence-corrected chi connectivity index (χ2v) is 8.11. The van der Waals surface area contributed by atoms with E-state index in [0.29, 0.717) is 17.2 Å². The topological polar surface area (TPSA) is 88.1 Å². The van der Waals surface area contributed by atoms with Crippen molar-refractivity contribution in [2.24, 2.45) is 0 Å². The summed E-state index contributed by atoms with van der Waals surface area (Å²) in [7, 11) is 0. The zero-order valence-corrected chi connectivity index (χ0v) is 17.1. The molecule has 1 fully saturated rings. The van der Waals surface area contributed by atoms with Crippen molar-refractivity contribution in [2.75, 3.05) is 11.9 Å². The largest absolute Gasteiger partial charge is 0.457 e. The molecule has 0 aromatic heterocycles. The Kier molecular flexibility index (Phi) is 6.26. The summed E-state index contributed by atoms with van der Waals surface area (Å²) in [5.41, 5.74) is -0.191. The molecule has 8 heteroatoms. The molecule has 2 aromatic carbocycles. The monoisotopic (exact) mass is 416 g/mol. The summed E-state index contributed by atoms with van der Waals surface area (Å²) < 4.78 is 23.9. The minimum absolute atomic E-state index is 0.0391. The van der Waals surface area contributed by atoms with Gasteiger partial charge in [-0.15, -0.1) is 0 Å². The number of β-amino-alcohol motifs (C(OH)–C–C–N with tert-alkyl or cyclic N) is 1. The van der Waals surface area contributed by atoms with Crippen LogP contribution in [0.15, 0.2) is 48.5 Å². The fourth-order valence-corrected chi connectivity index (χ4v) is 3.06. The van der Waals surface area contributed by atoms with Crippen LogP contribution in [-0.4, -0.2) is 46.3 Å². The zero-order chi connectivity index (χ0) is 21.9. The van der Waals surface area contributed by atoms with Crippen LogP contribution in [0.25, 0.3) is 0 Å². The van der Waals surface area contributed by atoms with E-state index in [4.69, 9.17) is 9.47 Å². The molecule has 2 atom stereocenters. The van der Waals surface area contributed by atoms with Crippen LogP contribution in [0.3, 0.4) is 0 Å². The van der Waals surface area contributed by atoms with E-state index in [1.54, 1.807) is 45.0 Å². The summed E-state index contributed by atoms with van der Waals surface area (Å²) in [6.07, 6.45) is -1.29. The smallest absolute Gasteiger partial charge is 0.411 e. The van der Waals surface area contributed by atoms with Gasteiger partial charge in [0.25, 0.3) is 0 Å². The quantitative estimate of drug-likeness (QED) is 0.789. The lowest BCUT2D eigenvalue weighted by Crippen LogP contribution is -2.45. The second kappa shape index (κ2) is 8.71. The first-order chi connectivity index (χ1) is 14.1. The first-order valence-electron chi connectivity index (χ1n) is 9.63. The molecule has 3 rings (SSSR count). The number of halogens is 1. The van der Waals surface area contributed by atoms with Gasteiger partial charge in [-0.2, -0.15) is 0 Å². The lowest BCUT2D eigenvalue weighted by molar-refractivity contribution is -0.120. The Balaban J connectivity index is 1.62. The molecule has 0 aliphatic carbocycles. The van der Waals surface area contributed by atoms with Crippen LogP contribution in [0, 0.1) is 5.82 Å². The molecule has 2 unspecified atom stereocenters. The molecule has 0 spiro atoms. The van der Waals surface area contributed by atoms with Gasteiger partial charge in [0, 0.05) is 12.1 Å². The minimum atomic E-state index is -0.829. The third kappa shape index (κ3) is 5.70. The number of anilines is 1. The lowest BCUT2D eigenvalue weighted by Gasteiger charge is -2.27. The van der Waals surface area contributed by atoms with Gasteiger partial charge in [-0.25, -0.2) is 9.18 Å². The molecule has 1 aliphatic heterocycles. The summed E-state index contributed by atoms with van der Waals surface area (Å²) in [5.74, 6) is 0.245. The number of aliphatic hydroxyl groups is 1. The van der Waals surface area contributed by atoms with Gasteiger partial charge in [0.2, 0.25) is 5.91 Å². The van der Waals surface area contributed by atoms with Crippen LogP contribution in [0.5, 0.6) is 11.5 Å². The van der Waals surface area contributed by atoms with Crippen molar-refractivity contribution in [1.29, 1.82) is 0 Å². The molecular weight excluding hydrogens is 391 g/mol. The van der Waals surface area contributed by atoms with Crippen LogP contribution in [-0.2, 0) is 9.53 Å². The highest BCUT2D eigenvalue weighted by Gasteiger charge is 2.40. The van der Waals surface area contributed by atoms with E-state index in [-0.39, 0.29) is 18.8 Å². The summed E-state index contributed by atoms with van der Waals surface area (Å²) in [6, 6.07) is 11.4. The third-order valence-corrected chi connectivity index (χ3v) is 4.38. The van der Waals surface area contributed by atoms with Crippen molar-refractivity contribution in [1.82, 2.24) is 4.90 Å². The van der Waals surface area contributed by atoms with Gasteiger partial charge in [0.05, 0.1) is 12.6 Å². The van der Waals surface area contributed by atoms with Crippen molar-refractivity contribution in [3.63, 3.8) is 0 Å². The molecule has 0 bridgehead atoms. The number of benzene rings is 2. The molecule has 2 aromatic rings. The van der Waals surface area contributed by atoms with Gasteiger partial charge in [0.1, 0.15) is 29.0 Å². The van der Waals surface area contributed by atoms with Gasteiger partial charge < -0.3 is 19.9 Å². The molecule has 30 heavy (non-hydrogen) atoms. The molecule has 1 heterocycles. The van der Waals surface area contributed by atoms with Gasteiger partial charge in [0.15, 0.2) is 0 Å². The molecular formula is C22H25FN2O5. The van der Waals surface area contributed by atoms with E-state index in [1.165, 1.54) is 29.2 Å². The zero-order valence-electron chi connectivity index (χ0n) is 17.1. The molecule has 2 amide bonds. The summed E-state index contributed by atoms with van der Waals surface area (Å²) in [4.78, 5) is 26.3. The predicted octanol–water partition coefficient (Wildman–Crippen LogP) is 3.93. The number of carbonyl (C=O) groups is 2. The number of hydrogen-bond donors (Lipinski definition) is 2. The number of rotatable bonds is 4. The normalized spacial score (nSPS) is 18.8. The van der Waals surface area contributed by atoms with Crippen molar-refractivity contribution >= 4 is 17.7 Å². The predicted molar refractivity (Wildman–Crippen MR) is 109 cm³/mol. The van der Waals surface area contributed by atoms with E-state index in [1.807, 2.05) is 0 Å². The van der Waals surface area contributed by atoms with Gasteiger partial charge in [-0.05, 0) is 69.3 Å². The molecule has 1 aliphatic rings. The Bertz CT molecular complexity index is 893. The van der Waals surface area contributed by atoms with Crippen molar-refractivity contribution in [3.05, 3.63) is 54.3 Å². The van der Waals surface area contributed by atoms with Gasteiger partial charge >= 0.3 is 6.09 Å². The second-order valence-electron chi connectivity index (χ2n) is 8.11. The van der Waals surface area contributed by atoms with Crippen molar-refractivity contribution < 1.29 is 28.6 Å². The molecule has 2 N–H and O–H groups in total. The maximum absolute atomic E-state index is 13.0. The summed E-state index contributed by atoms with van der Waals surface area (Å²) in [5, 5.41) is 12.7. The van der Waals surface area contributed by atoms with E-state index in [2.05, 4.69) is 5.32 Å². The fourth-order valence-electron chi connectivity index (χ4n) is 3.06. The van der Waals surface area contributed by atoms with Crippen molar-refractivity contribution in [3.8, 4) is 11.5 Å². The maximum atomic E-state index is 13.0. The van der Waals surface area contributed by atoms with E-state index < -0.39 is 29.7 Å². The molecule has 0 radical (unpaired) electrons. The molecule has 1 saturated heterocycles. The lowest BCUT2D eigenvalue weighted by atomic mass is 10.1. The number of nitrogens with one attached hydrogen (secondary N) is 1. The van der Waals surface area contributed by atoms with E-state index >= 15 is 0 Å². The van der Waals surface area contributed by atoms with Crippen molar-refractivity contribution in [2.45, 2.75) is 44.9 Å². The third-order valence-electron chi connectivity index (χ3n) is 4.38. The van der Waals surface area contributed by atoms with E-state index in [0.717, 1.165) is 0 Å².